The summed E-state index contributed by atoms with van der Waals surface area (Å²) in [6.07, 6.45) is 7.45. The van der Waals surface area contributed by atoms with Gasteiger partial charge >= 0.3 is 12.0 Å². The van der Waals surface area contributed by atoms with Crippen LogP contribution >= 0.6 is 0 Å². The van der Waals surface area contributed by atoms with E-state index in [4.69, 9.17) is 5.11 Å². The number of hydrogen-bond acceptors (Lipinski definition) is 3. The first-order chi connectivity index (χ1) is 9.97. The average Bonchev–Trinajstić information content (AvgIpc) is 3.06. The fourth-order valence-corrected chi connectivity index (χ4v) is 2.83. The minimum absolute atomic E-state index is 0.0462. The number of carbonyl (C=O) groups is 2. The van der Waals surface area contributed by atoms with E-state index in [1.807, 2.05) is 13.2 Å². The van der Waals surface area contributed by atoms with Gasteiger partial charge in [0.05, 0.1) is 12.7 Å². The van der Waals surface area contributed by atoms with Crippen molar-refractivity contribution in [2.24, 2.45) is 7.05 Å². The maximum Gasteiger partial charge on any atom is 0.323 e. The average molecular weight is 294 g/mol. The fraction of sp³-hybridized carbons (Fsp3) is 0.643. The number of carbonyl (C=O) groups excluding carboxylic acids is 1. The predicted molar refractivity (Wildman–Crippen MR) is 76.7 cm³/mol. The Morgan fingerprint density at radius 3 is 2.62 bits per heavy atom. The molecule has 1 aliphatic carbocycles. The van der Waals surface area contributed by atoms with Crippen LogP contribution in [0.5, 0.6) is 0 Å². The van der Waals surface area contributed by atoms with Crippen LogP contribution in [0.25, 0.3) is 0 Å². The number of urea groups is 1. The molecule has 7 nitrogen and oxygen atoms in total. The van der Waals surface area contributed by atoms with Gasteiger partial charge < -0.3 is 14.9 Å². The summed E-state index contributed by atoms with van der Waals surface area (Å²) in [7, 11) is 3.51. The summed E-state index contributed by atoms with van der Waals surface area (Å²) in [5, 5.41) is 13.1. The van der Waals surface area contributed by atoms with Crippen LogP contribution in [0.3, 0.4) is 0 Å². The minimum Gasteiger partial charge on any atom is -0.480 e. The summed E-state index contributed by atoms with van der Waals surface area (Å²) in [6, 6.07) is -0.182. The van der Waals surface area contributed by atoms with Gasteiger partial charge in [0.2, 0.25) is 0 Å². The van der Waals surface area contributed by atoms with E-state index >= 15 is 0 Å². The number of carboxylic acid groups (broad SMARTS) is 1. The van der Waals surface area contributed by atoms with Crippen LogP contribution in [0, 0.1) is 0 Å². The van der Waals surface area contributed by atoms with E-state index in [9.17, 15) is 9.59 Å². The maximum atomic E-state index is 12.5. The Morgan fingerprint density at radius 2 is 2.10 bits per heavy atom. The summed E-state index contributed by atoms with van der Waals surface area (Å²) in [4.78, 5) is 26.6. The molecule has 0 radical (unpaired) electrons. The van der Waals surface area contributed by atoms with E-state index < -0.39 is 5.97 Å². The number of carboxylic acids is 1. The molecule has 0 bridgehead atoms. The van der Waals surface area contributed by atoms with Gasteiger partial charge in [0.1, 0.15) is 6.54 Å². The first kappa shape index (κ1) is 15.3. The molecule has 0 aromatic carbocycles. The molecule has 2 amide bonds. The van der Waals surface area contributed by atoms with Gasteiger partial charge in [0.15, 0.2) is 0 Å². The van der Waals surface area contributed by atoms with Gasteiger partial charge in [0, 0.05) is 31.9 Å². The lowest BCUT2D eigenvalue weighted by atomic mass is 10.2. The number of aromatic nitrogens is 2. The van der Waals surface area contributed by atoms with Crippen molar-refractivity contribution in [3.8, 4) is 0 Å². The molecular weight excluding hydrogens is 272 g/mol. The molecule has 0 unspecified atom stereocenters. The molecule has 1 N–H and O–H groups in total. The van der Waals surface area contributed by atoms with Crippen molar-refractivity contribution in [2.45, 2.75) is 38.3 Å². The highest BCUT2D eigenvalue weighted by atomic mass is 16.4. The highest BCUT2D eigenvalue weighted by molar-refractivity contribution is 5.80. The van der Waals surface area contributed by atoms with Crippen molar-refractivity contribution in [3.63, 3.8) is 0 Å². The first-order valence-corrected chi connectivity index (χ1v) is 7.18. The number of hydrogen-bond donors (Lipinski definition) is 1. The third-order valence-corrected chi connectivity index (χ3v) is 3.82. The smallest absolute Gasteiger partial charge is 0.323 e. The largest absolute Gasteiger partial charge is 0.480 e. The Balaban J connectivity index is 2.03. The molecule has 0 saturated heterocycles. The van der Waals surface area contributed by atoms with Crippen molar-refractivity contribution in [3.05, 3.63) is 18.0 Å². The lowest BCUT2D eigenvalue weighted by molar-refractivity contribution is -0.138. The summed E-state index contributed by atoms with van der Waals surface area (Å²) < 4.78 is 1.68. The third-order valence-electron chi connectivity index (χ3n) is 3.82. The molecule has 116 valence electrons. The molecule has 21 heavy (non-hydrogen) atoms. The van der Waals surface area contributed by atoms with E-state index in [1.54, 1.807) is 22.8 Å². The normalized spacial score (nSPS) is 15.1. The molecule has 1 aromatic rings. The number of nitrogens with zero attached hydrogens (tertiary/aromatic N) is 4. The van der Waals surface area contributed by atoms with Gasteiger partial charge in [-0.3, -0.25) is 9.48 Å². The summed E-state index contributed by atoms with van der Waals surface area (Å²) in [5.74, 6) is -0.968. The lowest BCUT2D eigenvalue weighted by Gasteiger charge is -2.31. The van der Waals surface area contributed by atoms with Crippen LogP contribution in [0.15, 0.2) is 12.4 Å². The highest BCUT2D eigenvalue weighted by Crippen LogP contribution is 2.24. The second kappa shape index (κ2) is 6.60. The Hall–Kier alpha value is -2.05. The van der Waals surface area contributed by atoms with Crippen LogP contribution < -0.4 is 0 Å². The SMILES string of the molecule is CN(Cc1cnn(C)c1)C(=O)N(CC(=O)O)C1CCCC1. The second-order valence-corrected chi connectivity index (χ2v) is 5.62. The molecule has 1 aromatic heterocycles. The van der Waals surface area contributed by atoms with Gasteiger partial charge in [-0.1, -0.05) is 12.8 Å². The molecule has 1 saturated carbocycles. The maximum absolute atomic E-state index is 12.5. The number of rotatable bonds is 5. The second-order valence-electron chi connectivity index (χ2n) is 5.62. The van der Waals surface area contributed by atoms with Gasteiger partial charge in [0.25, 0.3) is 0 Å². The first-order valence-electron chi connectivity index (χ1n) is 7.18. The lowest BCUT2D eigenvalue weighted by Crippen LogP contribution is -2.48. The van der Waals surface area contributed by atoms with Crippen molar-refractivity contribution < 1.29 is 14.7 Å². The predicted octanol–water partition coefficient (Wildman–Crippen LogP) is 1.30. The van der Waals surface area contributed by atoms with Crippen LogP contribution in [-0.4, -0.2) is 56.3 Å². The van der Waals surface area contributed by atoms with E-state index in [-0.39, 0.29) is 18.6 Å². The van der Waals surface area contributed by atoms with Crippen LogP contribution in [-0.2, 0) is 18.4 Å². The van der Waals surface area contributed by atoms with Gasteiger partial charge in [-0.25, -0.2) is 4.79 Å². The van der Waals surface area contributed by atoms with Crippen LogP contribution in [0.1, 0.15) is 31.2 Å². The topological polar surface area (TPSA) is 78.7 Å². The van der Waals surface area contributed by atoms with Crippen LogP contribution in [0.2, 0.25) is 0 Å². The van der Waals surface area contributed by atoms with Gasteiger partial charge in [-0.15, -0.1) is 0 Å². The Bertz CT molecular complexity index is 508. The zero-order valence-corrected chi connectivity index (χ0v) is 12.5. The molecule has 1 fully saturated rings. The standard InChI is InChI=1S/C14H22N4O3/c1-16(8-11-7-15-17(2)9-11)14(21)18(10-13(19)20)12-5-3-4-6-12/h7,9,12H,3-6,8,10H2,1-2H3,(H,19,20). The highest BCUT2D eigenvalue weighted by Gasteiger charge is 2.30. The van der Waals surface area contributed by atoms with Crippen LogP contribution in [0.4, 0.5) is 4.79 Å². The molecule has 0 spiro atoms. The quantitative estimate of drug-likeness (QED) is 0.888. The van der Waals surface area contributed by atoms with E-state index in [0.29, 0.717) is 6.54 Å². The zero-order valence-electron chi connectivity index (χ0n) is 12.5. The number of aryl methyl sites for hydroxylation is 1. The summed E-state index contributed by atoms with van der Waals surface area (Å²) in [6.45, 7) is 0.191. The van der Waals surface area contributed by atoms with Gasteiger partial charge in [-0.05, 0) is 12.8 Å². The summed E-state index contributed by atoms with van der Waals surface area (Å²) in [5.41, 5.74) is 0.926. The van der Waals surface area contributed by atoms with E-state index in [0.717, 1.165) is 31.2 Å². The van der Waals surface area contributed by atoms with Crippen molar-refractivity contribution in [1.29, 1.82) is 0 Å². The van der Waals surface area contributed by atoms with E-state index in [2.05, 4.69) is 5.10 Å². The molecule has 0 aliphatic heterocycles. The number of aliphatic carboxylic acids is 1. The zero-order chi connectivity index (χ0) is 15.4. The van der Waals surface area contributed by atoms with Crippen molar-refractivity contribution in [1.82, 2.24) is 19.6 Å². The molecule has 0 atom stereocenters. The third kappa shape index (κ3) is 3.96. The number of amides is 2. The molecule has 1 aliphatic rings. The molecular formula is C14H22N4O3. The Morgan fingerprint density at radius 1 is 1.43 bits per heavy atom. The molecule has 1 heterocycles. The van der Waals surface area contributed by atoms with Crippen molar-refractivity contribution >= 4 is 12.0 Å². The fourth-order valence-electron chi connectivity index (χ4n) is 2.83. The monoisotopic (exact) mass is 294 g/mol. The molecule has 7 heteroatoms. The van der Waals surface area contributed by atoms with Crippen molar-refractivity contribution in [2.75, 3.05) is 13.6 Å². The minimum atomic E-state index is -0.968. The Kier molecular flexibility index (Phi) is 4.82. The summed E-state index contributed by atoms with van der Waals surface area (Å²) >= 11 is 0. The van der Waals surface area contributed by atoms with E-state index in [1.165, 1.54) is 4.90 Å². The van der Waals surface area contributed by atoms with Gasteiger partial charge in [-0.2, -0.15) is 5.10 Å². The molecule has 2 rings (SSSR count). The Labute approximate surface area is 124 Å².